The summed E-state index contributed by atoms with van der Waals surface area (Å²) in [5.41, 5.74) is 1.04. The number of benzene rings is 1. The van der Waals surface area contributed by atoms with Crippen LogP contribution in [0.2, 0.25) is 0 Å². The maximum absolute atomic E-state index is 12.3. The Kier molecular flexibility index (Phi) is 6.10. The molecule has 0 aliphatic rings. The van der Waals surface area contributed by atoms with Crippen molar-refractivity contribution < 1.29 is 8.42 Å². The Morgan fingerprint density at radius 2 is 1.89 bits per heavy atom. The third kappa shape index (κ3) is 5.38. The minimum absolute atomic E-state index is 0.177. The third-order valence-corrected chi connectivity index (χ3v) is 5.26. The van der Waals surface area contributed by atoms with Gasteiger partial charge in [-0.2, -0.15) is 4.72 Å². The lowest BCUT2D eigenvalue weighted by molar-refractivity contribution is 0.578. The van der Waals surface area contributed by atoms with Gasteiger partial charge in [-0.25, -0.2) is 8.42 Å². The lowest BCUT2D eigenvalue weighted by atomic mass is 10.2. The van der Waals surface area contributed by atoms with Gasteiger partial charge in [0.1, 0.15) is 0 Å². The average Bonchev–Trinajstić information content (AvgIpc) is 2.28. The predicted molar refractivity (Wildman–Crippen MR) is 82.8 cm³/mol. The molecule has 1 aromatic rings. The molecule has 0 radical (unpaired) electrons. The smallest absolute Gasteiger partial charge is 0.207 e. The maximum Gasteiger partial charge on any atom is 0.241 e. The number of hydrogen-bond donors (Lipinski definition) is 1. The van der Waals surface area contributed by atoms with Gasteiger partial charge in [0.2, 0.25) is 10.0 Å². The van der Waals surface area contributed by atoms with E-state index in [0.717, 1.165) is 5.56 Å². The zero-order valence-corrected chi connectivity index (χ0v) is 13.2. The lowest BCUT2D eigenvalue weighted by Gasteiger charge is -2.19. The SMILES string of the molecule is C=CC[C@H](NS(=O)(=O)c1ccc(C)cc1)SC(C)C. The van der Waals surface area contributed by atoms with Gasteiger partial charge in [-0.05, 0) is 25.5 Å². The highest BCUT2D eigenvalue weighted by molar-refractivity contribution is 8.01. The second-order valence-electron chi connectivity index (χ2n) is 4.63. The first-order valence-corrected chi connectivity index (χ1v) is 8.63. The van der Waals surface area contributed by atoms with Gasteiger partial charge in [-0.3, -0.25) is 0 Å². The van der Waals surface area contributed by atoms with E-state index >= 15 is 0 Å². The molecule has 1 aromatic carbocycles. The molecule has 106 valence electrons. The molecule has 0 aliphatic carbocycles. The Balaban J connectivity index is 2.87. The Labute approximate surface area is 120 Å². The van der Waals surface area contributed by atoms with E-state index in [2.05, 4.69) is 11.3 Å². The summed E-state index contributed by atoms with van der Waals surface area (Å²) in [4.78, 5) is 0.302. The van der Waals surface area contributed by atoms with E-state index in [1.807, 2.05) is 20.8 Å². The minimum Gasteiger partial charge on any atom is -0.207 e. The van der Waals surface area contributed by atoms with Crippen LogP contribution in [0.3, 0.4) is 0 Å². The first-order chi connectivity index (χ1) is 8.85. The molecule has 0 aliphatic heterocycles. The Bertz CT molecular complexity index is 507. The Morgan fingerprint density at radius 1 is 1.32 bits per heavy atom. The lowest BCUT2D eigenvalue weighted by Crippen LogP contribution is -2.33. The summed E-state index contributed by atoms with van der Waals surface area (Å²) < 4.78 is 27.2. The molecule has 0 aromatic heterocycles. The van der Waals surface area contributed by atoms with Crippen LogP contribution in [-0.2, 0) is 10.0 Å². The first-order valence-electron chi connectivity index (χ1n) is 6.20. The zero-order valence-electron chi connectivity index (χ0n) is 11.6. The van der Waals surface area contributed by atoms with Crippen LogP contribution in [0.5, 0.6) is 0 Å². The van der Waals surface area contributed by atoms with Crippen molar-refractivity contribution >= 4 is 21.8 Å². The van der Waals surface area contributed by atoms with Gasteiger partial charge in [0.15, 0.2) is 0 Å². The van der Waals surface area contributed by atoms with E-state index in [9.17, 15) is 8.42 Å². The Hall–Kier alpha value is -0.780. The number of nitrogens with one attached hydrogen (secondary N) is 1. The van der Waals surface area contributed by atoms with Crippen LogP contribution < -0.4 is 4.72 Å². The van der Waals surface area contributed by atoms with Crippen LogP contribution in [0.1, 0.15) is 25.8 Å². The molecule has 19 heavy (non-hydrogen) atoms. The summed E-state index contributed by atoms with van der Waals surface area (Å²) in [5, 5.41) is 0.175. The summed E-state index contributed by atoms with van der Waals surface area (Å²) in [6.07, 6.45) is 2.34. The number of rotatable bonds is 7. The van der Waals surface area contributed by atoms with Crippen molar-refractivity contribution in [3.05, 3.63) is 42.5 Å². The van der Waals surface area contributed by atoms with Gasteiger partial charge in [0.25, 0.3) is 0 Å². The molecular formula is C14H21NO2S2. The van der Waals surface area contributed by atoms with Gasteiger partial charge >= 0.3 is 0 Å². The summed E-state index contributed by atoms with van der Waals surface area (Å²) in [6.45, 7) is 9.69. The van der Waals surface area contributed by atoms with E-state index in [0.29, 0.717) is 16.6 Å². The zero-order chi connectivity index (χ0) is 14.5. The third-order valence-electron chi connectivity index (χ3n) is 2.44. The van der Waals surface area contributed by atoms with Gasteiger partial charge in [0.05, 0.1) is 10.3 Å². The molecule has 0 fully saturated rings. The van der Waals surface area contributed by atoms with Crippen LogP contribution in [0, 0.1) is 6.92 Å². The fourth-order valence-electron chi connectivity index (χ4n) is 1.57. The number of thioether (sulfide) groups is 1. The van der Waals surface area contributed by atoms with Gasteiger partial charge in [-0.1, -0.05) is 37.6 Å². The quantitative estimate of drug-likeness (QED) is 0.620. The van der Waals surface area contributed by atoms with Crippen LogP contribution in [0.15, 0.2) is 41.8 Å². The van der Waals surface area contributed by atoms with Crippen molar-refractivity contribution in [2.75, 3.05) is 0 Å². The van der Waals surface area contributed by atoms with Gasteiger partial charge in [-0.15, -0.1) is 18.3 Å². The van der Waals surface area contributed by atoms with E-state index in [-0.39, 0.29) is 5.37 Å². The molecule has 3 nitrogen and oxygen atoms in total. The van der Waals surface area contributed by atoms with Crippen LogP contribution in [-0.4, -0.2) is 19.0 Å². The largest absolute Gasteiger partial charge is 0.241 e. The topological polar surface area (TPSA) is 46.2 Å². The van der Waals surface area contributed by atoms with E-state index in [1.54, 1.807) is 42.1 Å². The van der Waals surface area contributed by atoms with Gasteiger partial charge in [0, 0.05) is 5.25 Å². The molecule has 1 N–H and O–H groups in total. The van der Waals surface area contributed by atoms with Crippen molar-refractivity contribution in [1.82, 2.24) is 4.72 Å². The molecule has 0 bridgehead atoms. The van der Waals surface area contributed by atoms with Crippen LogP contribution in [0.4, 0.5) is 0 Å². The molecule has 0 spiro atoms. The number of aryl methyl sites for hydroxylation is 1. The molecule has 0 amide bonds. The monoisotopic (exact) mass is 299 g/mol. The van der Waals surface area contributed by atoms with Crippen LogP contribution >= 0.6 is 11.8 Å². The minimum atomic E-state index is -3.46. The van der Waals surface area contributed by atoms with Crippen molar-refractivity contribution in [2.45, 2.75) is 42.7 Å². The van der Waals surface area contributed by atoms with E-state index in [1.165, 1.54) is 0 Å². The molecule has 1 atom stereocenters. The standard InChI is InChI=1S/C14H21NO2S2/c1-5-6-14(18-11(2)3)15-19(16,17)13-9-7-12(4)8-10-13/h5,7-11,14-15H,1,6H2,2-4H3/t14-/m1/s1. The fourth-order valence-corrected chi connectivity index (χ4v) is 4.15. The molecule has 5 heteroatoms. The first kappa shape index (κ1) is 16.3. The maximum atomic E-state index is 12.3. The molecule has 0 heterocycles. The summed E-state index contributed by atoms with van der Waals surface area (Å²) in [5.74, 6) is 0. The molecule has 0 unspecified atom stereocenters. The average molecular weight is 299 g/mol. The van der Waals surface area contributed by atoms with Crippen molar-refractivity contribution in [2.24, 2.45) is 0 Å². The number of hydrogen-bond acceptors (Lipinski definition) is 3. The van der Waals surface area contributed by atoms with Crippen molar-refractivity contribution in [3.8, 4) is 0 Å². The highest BCUT2D eigenvalue weighted by Crippen LogP contribution is 2.21. The van der Waals surface area contributed by atoms with E-state index < -0.39 is 10.0 Å². The summed E-state index contributed by atoms with van der Waals surface area (Å²) in [7, 11) is -3.46. The fraction of sp³-hybridized carbons (Fsp3) is 0.429. The van der Waals surface area contributed by atoms with Crippen molar-refractivity contribution in [1.29, 1.82) is 0 Å². The van der Waals surface area contributed by atoms with Crippen molar-refractivity contribution in [3.63, 3.8) is 0 Å². The predicted octanol–water partition coefficient (Wildman–Crippen LogP) is 3.32. The molecule has 0 saturated heterocycles. The van der Waals surface area contributed by atoms with Crippen LogP contribution in [0.25, 0.3) is 0 Å². The second-order valence-corrected chi connectivity index (χ2v) is 8.13. The molecule has 1 rings (SSSR count). The highest BCUT2D eigenvalue weighted by Gasteiger charge is 2.20. The number of sulfonamides is 1. The van der Waals surface area contributed by atoms with E-state index in [4.69, 9.17) is 0 Å². The highest BCUT2D eigenvalue weighted by atomic mass is 32.2. The molecular weight excluding hydrogens is 278 g/mol. The normalized spacial score (nSPS) is 13.5. The summed E-state index contributed by atoms with van der Waals surface area (Å²) in [6, 6.07) is 6.85. The summed E-state index contributed by atoms with van der Waals surface area (Å²) >= 11 is 1.59. The Morgan fingerprint density at radius 3 is 2.37 bits per heavy atom. The molecule has 0 saturated carbocycles. The van der Waals surface area contributed by atoms with Gasteiger partial charge < -0.3 is 0 Å². The second kappa shape index (κ2) is 7.12.